The molecule has 2 atom stereocenters. The number of anilines is 1. The van der Waals surface area contributed by atoms with E-state index in [1.54, 1.807) is 57.4 Å². The zero-order valence-corrected chi connectivity index (χ0v) is 16.1. The summed E-state index contributed by atoms with van der Waals surface area (Å²) in [7, 11) is -3.26. The molecule has 0 bridgehead atoms. The number of aromatic nitrogens is 1. The third-order valence-electron chi connectivity index (χ3n) is 4.72. The molecule has 1 aromatic heterocycles. The Morgan fingerprint density at radius 3 is 2.65 bits per heavy atom. The molecule has 0 radical (unpaired) electrons. The fraction of sp³-hybridized carbons (Fsp3) is 0.400. The SMILES string of the molecule is CC(C)(C)S(=O)(=O)Cc1cccc(NC(=O)C2CC2c2cccnc2)c1. The number of carbonyl (C=O) groups excluding carboxylic acids is 1. The first-order chi connectivity index (χ1) is 12.2. The first kappa shape index (κ1) is 18.6. The van der Waals surface area contributed by atoms with E-state index in [0.717, 1.165) is 12.0 Å². The van der Waals surface area contributed by atoms with Crippen molar-refractivity contribution in [2.24, 2.45) is 5.92 Å². The van der Waals surface area contributed by atoms with Crippen molar-refractivity contribution in [3.05, 3.63) is 59.9 Å². The molecule has 6 heteroatoms. The van der Waals surface area contributed by atoms with E-state index in [1.807, 2.05) is 12.1 Å². The van der Waals surface area contributed by atoms with Gasteiger partial charge in [-0.25, -0.2) is 8.42 Å². The van der Waals surface area contributed by atoms with Crippen LogP contribution in [0.15, 0.2) is 48.8 Å². The van der Waals surface area contributed by atoms with Crippen LogP contribution in [0.2, 0.25) is 0 Å². The Kier molecular flexibility index (Phi) is 4.88. The number of hydrogen-bond donors (Lipinski definition) is 1. The molecule has 2 unspecified atom stereocenters. The molecular formula is C20H24N2O3S. The highest BCUT2D eigenvalue weighted by Gasteiger charge is 2.44. The standard InChI is InChI=1S/C20H24N2O3S/c1-20(2,3)26(24,25)13-14-6-4-8-16(10-14)22-19(23)18-11-17(18)15-7-5-9-21-12-15/h4-10,12,17-18H,11,13H2,1-3H3,(H,22,23). The van der Waals surface area contributed by atoms with E-state index in [0.29, 0.717) is 11.3 Å². The van der Waals surface area contributed by atoms with Crippen molar-refractivity contribution < 1.29 is 13.2 Å². The van der Waals surface area contributed by atoms with E-state index in [-0.39, 0.29) is 23.5 Å². The summed E-state index contributed by atoms with van der Waals surface area (Å²) in [6, 6.07) is 10.9. The molecule has 1 N–H and O–H groups in total. The second-order valence-electron chi connectivity index (χ2n) is 7.80. The van der Waals surface area contributed by atoms with E-state index < -0.39 is 14.6 Å². The number of nitrogens with one attached hydrogen (secondary N) is 1. The first-order valence-electron chi connectivity index (χ1n) is 8.69. The first-order valence-corrected chi connectivity index (χ1v) is 10.3. The molecule has 2 aromatic rings. The topological polar surface area (TPSA) is 76.1 Å². The van der Waals surface area contributed by atoms with E-state index in [2.05, 4.69) is 10.3 Å². The molecule has 1 fully saturated rings. The summed E-state index contributed by atoms with van der Waals surface area (Å²) in [5.41, 5.74) is 2.39. The van der Waals surface area contributed by atoms with Crippen LogP contribution in [0.4, 0.5) is 5.69 Å². The van der Waals surface area contributed by atoms with Crippen LogP contribution in [-0.2, 0) is 20.4 Å². The second-order valence-corrected chi connectivity index (χ2v) is 10.5. The van der Waals surface area contributed by atoms with Crippen molar-refractivity contribution in [1.29, 1.82) is 0 Å². The van der Waals surface area contributed by atoms with Crippen molar-refractivity contribution in [3.8, 4) is 0 Å². The van der Waals surface area contributed by atoms with Crippen LogP contribution >= 0.6 is 0 Å². The highest BCUT2D eigenvalue weighted by molar-refractivity contribution is 7.91. The molecule has 1 aromatic carbocycles. The fourth-order valence-electron chi connectivity index (χ4n) is 2.86. The molecule has 1 aliphatic rings. The molecule has 0 saturated heterocycles. The average Bonchev–Trinajstić information content (AvgIpc) is 3.35. The monoisotopic (exact) mass is 372 g/mol. The highest BCUT2D eigenvalue weighted by Crippen LogP contribution is 2.47. The van der Waals surface area contributed by atoms with Gasteiger partial charge in [-0.1, -0.05) is 18.2 Å². The fourth-order valence-corrected chi connectivity index (χ4v) is 3.91. The van der Waals surface area contributed by atoms with Gasteiger partial charge in [0.05, 0.1) is 10.5 Å². The van der Waals surface area contributed by atoms with E-state index in [1.165, 1.54) is 0 Å². The van der Waals surface area contributed by atoms with E-state index in [9.17, 15) is 13.2 Å². The summed E-state index contributed by atoms with van der Waals surface area (Å²) in [4.78, 5) is 16.6. The number of amides is 1. The van der Waals surface area contributed by atoms with Crippen LogP contribution in [0.5, 0.6) is 0 Å². The lowest BCUT2D eigenvalue weighted by atomic mass is 10.1. The minimum Gasteiger partial charge on any atom is -0.326 e. The van der Waals surface area contributed by atoms with Crippen molar-refractivity contribution in [2.75, 3.05) is 5.32 Å². The lowest BCUT2D eigenvalue weighted by molar-refractivity contribution is -0.117. The Morgan fingerprint density at radius 2 is 2.00 bits per heavy atom. The number of pyridine rings is 1. The maximum absolute atomic E-state index is 12.5. The minimum absolute atomic E-state index is 0.0327. The van der Waals surface area contributed by atoms with Crippen LogP contribution in [0.25, 0.3) is 0 Å². The van der Waals surface area contributed by atoms with Gasteiger partial charge in [-0.05, 0) is 62.4 Å². The molecule has 1 heterocycles. The average molecular weight is 372 g/mol. The van der Waals surface area contributed by atoms with Gasteiger partial charge < -0.3 is 5.32 Å². The lowest BCUT2D eigenvalue weighted by Gasteiger charge is -2.19. The number of hydrogen-bond acceptors (Lipinski definition) is 4. The molecule has 1 aliphatic carbocycles. The third-order valence-corrected chi connectivity index (χ3v) is 7.30. The van der Waals surface area contributed by atoms with E-state index >= 15 is 0 Å². The van der Waals surface area contributed by atoms with Crippen LogP contribution in [0.1, 0.15) is 44.2 Å². The van der Waals surface area contributed by atoms with Crippen molar-refractivity contribution in [3.63, 3.8) is 0 Å². The Hall–Kier alpha value is -2.21. The van der Waals surface area contributed by atoms with Gasteiger partial charge in [-0.15, -0.1) is 0 Å². The zero-order chi connectivity index (χ0) is 18.9. The van der Waals surface area contributed by atoms with Crippen molar-refractivity contribution in [2.45, 2.75) is 43.6 Å². The van der Waals surface area contributed by atoms with Crippen LogP contribution in [0, 0.1) is 5.92 Å². The summed E-state index contributed by atoms with van der Waals surface area (Å²) in [5, 5.41) is 2.91. The number of carbonyl (C=O) groups is 1. The molecule has 0 aliphatic heterocycles. The van der Waals surface area contributed by atoms with Gasteiger partial charge in [0.2, 0.25) is 5.91 Å². The van der Waals surface area contributed by atoms with Crippen molar-refractivity contribution in [1.82, 2.24) is 4.98 Å². The van der Waals surface area contributed by atoms with Gasteiger partial charge in [0.25, 0.3) is 0 Å². The van der Waals surface area contributed by atoms with E-state index in [4.69, 9.17) is 0 Å². The number of nitrogens with zero attached hydrogens (tertiary/aromatic N) is 1. The van der Waals surface area contributed by atoms with Gasteiger partial charge in [0.15, 0.2) is 9.84 Å². The van der Waals surface area contributed by atoms with Crippen LogP contribution in [-0.4, -0.2) is 24.1 Å². The molecule has 26 heavy (non-hydrogen) atoms. The molecule has 5 nitrogen and oxygen atoms in total. The number of rotatable bonds is 5. The predicted octanol–water partition coefficient (Wildman–Crippen LogP) is 3.54. The molecule has 1 saturated carbocycles. The normalized spacial score (nSPS) is 19.8. The largest absolute Gasteiger partial charge is 0.326 e. The Labute approximate surface area is 154 Å². The van der Waals surface area contributed by atoms with Gasteiger partial charge in [0.1, 0.15) is 0 Å². The third kappa shape index (κ3) is 4.12. The summed E-state index contributed by atoms with van der Waals surface area (Å²) in [6.45, 7) is 5.08. The molecular weight excluding hydrogens is 348 g/mol. The molecule has 3 rings (SSSR count). The molecule has 138 valence electrons. The number of sulfone groups is 1. The van der Waals surface area contributed by atoms with Gasteiger partial charge in [-0.2, -0.15) is 0 Å². The predicted molar refractivity (Wildman–Crippen MR) is 103 cm³/mol. The summed E-state index contributed by atoms with van der Waals surface area (Å²) in [5.74, 6) is 0.0890. The van der Waals surface area contributed by atoms with Gasteiger partial charge in [-0.3, -0.25) is 9.78 Å². The second kappa shape index (κ2) is 6.83. The molecule has 0 spiro atoms. The highest BCUT2D eigenvalue weighted by atomic mass is 32.2. The Balaban J connectivity index is 1.65. The van der Waals surface area contributed by atoms with Crippen molar-refractivity contribution >= 4 is 21.4 Å². The Morgan fingerprint density at radius 1 is 1.23 bits per heavy atom. The zero-order valence-electron chi connectivity index (χ0n) is 15.3. The lowest BCUT2D eigenvalue weighted by Crippen LogP contribution is -2.29. The molecule has 1 amide bonds. The Bertz CT molecular complexity index is 902. The smallest absolute Gasteiger partial charge is 0.228 e. The summed E-state index contributed by atoms with van der Waals surface area (Å²) in [6.07, 6.45) is 4.34. The summed E-state index contributed by atoms with van der Waals surface area (Å²) < 4.78 is 24.0. The van der Waals surface area contributed by atoms with Gasteiger partial charge >= 0.3 is 0 Å². The maximum Gasteiger partial charge on any atom is 0.228 e. The van der Waals surface area contributed by atoms with Crippen LogP contribution < -0.4 is 5.32 Å². The number of benzene rings is 1. The quantitative estimate of drug-likeness (QED) is 0.871. The summed E-state index contributed by atoms with van der Waals surface area (Å²) >= 11 is 0. The minimum atomic E-state index is -3.26. The maximum atomic E-state index is 12.5. The van der Waals surface area contributed by atoms with Crippen LogP contribution in [0.3, 0.4) is 0 Å². The van der Waals surface area contributed by atoms with Gasteiger partial charge in [0, 0.05) is 24.0 Å².